The summed E-state index contributed by atoms with van der Waals surface area (Å²) < 4.78 is 52.9. The number of hydrogen-bond acceptors (Lipinski definition) is 3. The highest BCUT2D eigenvalue weighted by Gasteiger charge is 2.41. The maximum atomic E-state index is 12.4. The zero-order valence-electron chi connectivity index (χ0n) is 7.13. The molecule has 0 aliphatic carbocycles. The summed E-state index contributed by atoms with van der Waals surface area (Å²) in [4.78, 5) is 7.15. The van der Waals surface area contributed by atoms with Gasteiger partial charge >= 0.3 is 12.3 Å². The van der Waals surface area contributed by atoms with E-state index in [0.717, 1.165) is 6.20 Å². The quantitative estimate of drug-likeness (QED) is 0.799. The minimum Gasteiger partial charge on any atom is -0.470 e. The number of nitrogens with zero attached hydrogens (tertiary/aromatic N) is 2. The highest BCUT2D eigenvalue weighted by molar-refractivity contribution is 9.10. The van der Waals surface area contributed by atoms with Gasteiger partial charge in [0.15, 0.2) is 6.61 Å². The van der Waals surface area contributed by atoms with Crippen LogP contribution in [0.4, 0.5) is 17.6 Å². The largest absolute Gasteiger partial charge is 0.470 e. The lowest BCUT2D eigenvalue weighted by atomic mass is 10.4. The van der Waals surface area contributed by atoms with Crippen LogP contribution in [0.25, 0.3) is 0 Å². The van der Waals surface area contributed by atoms with Crippen molar-refractivity contribution in [3.63, 3.8) is 0 Å². The summed E-state index contributed by atoms with van der Waals surface area (Å²) in [6.07, 6.45) is -1.51. The summed E-state index contributed by atoms with van der Waals surface area (Å²) in [7, 11) is 0. The highest BCUT2D eigenvalue weighted by Crippen LogP contribution is 2.23. The number of alkyl halides is 4. The molecule has 0 bridgehead atoms. The van der Waals surface area contributed by atoms with Gasteiger partial charge in [0.25, 0.3) is 0 Å². The van der Waals surface area contributed by atoms with E-state index in [0.29, 0.717) is 4.60 Å². The van der Waals surface area contributed by atoms with Crippen molar-refractivity contribution < 1.29 is 22.3 Å². The average molecular weight is 289 g/mol. The minimum atomic E-state index is -4.19. The van der Waals surface area contributed by atoms with Crippen LogP contribution in [-0.4, -0.2) is 28.9 Å². The van der Waals surface area contributed by atoms with Crippen LogP contribution in [-0.2, 0) is 0 Å². The standard InChI is InChI=1S/C7H5BrF4N2O/c8-4-1-14-5(2-13-4)15-3-7(11,12)6(9)10/h1-2,6H,3H2. The fourth-order valence-electron chi connectivity index (χ4n) is 0.608. The number of hydrogen-bond donors (Lipinski definition) is 0. The van der Waals surface area contributed by atoms with Crippen LogP contribution in [0.15, 0.2) is 17.0 Å². The first-order valence-corrected chi connectivity index (χ1v) is 4.47. The van der Waals surface area contributed by atoms with Crippen molar-refractivity contribution in [2.75, 3.05) is 6.61 Å². The number of ether oxygens (including phenoxy) is 1. The summed E-state index contributed by atoms with van der Waals surface area (Å²) in [6, 6.07) is 0. The molecule has 0 aromatic carbocycles. The molecule has 0 fully saturated rings. The molecule has 0 N–H and O–H groups in total. The Labute approximate surface area is 90.6 Å². The van der Waals surface area contributed by atoms with Gasteiger partial charge in [-0.15, -0.1) is 0 Å². The monoisotopic (exact) mass is 288 g/mol. The zero-order valence-corrected chi connectivity index (χ0v) is 8.72. The average Bonchev–Trinajstić information content (AvgIpc) is 2.17. The van der Waals surface area contributed by atoms with Crippen LogP contribution >= 0.6 is 15.9 Å². The molecule has 15 heavy (non-hydrogen) atoms. The van der Waals surface area contributed by atoms with E-state index in [1.807, 2.05) is 0 Å². The van der Waals surface area contributed by atoms with E-state index < -0.39 is 19.0 Å². The van der Waals surface area contributed by atoms with Crippen molar-refractivity contribution in [2.24, 2.45) is 0 Å². The molecule has 1 rings (SSSR count). The van der Waals surface area contributed by atoms with Gasteiger partial charge in [-0.25, -0.2) is 18.7 Å². The molecule has 0 aliphatic heterocycles. The highest BCUT2D eigenvalue weighted by atomic mass is 79.9. The summed E-state index contributed by atoms with van der Waals surface area (Å²) >= 11 is 2.96. The third kappa shape index (κ3) is 3.61. The molecule has 8 heteroatoms. The lowest BCUT2D eigenvalue weighted by Crippen LogP contribution is -2.33. The summed E-state index contributed by atoms with van der Waals surface area (Å²) in [6.45, 7) is -1.43. The number of aromatic nitrogens is 2. The fourth-order valence-corrected chi connectivity index (χ4v) is 0.813. The maximum Gasteiger partial charge on any atom is 0.340 e. The molecule has 0 saturated heterocycles. The van der Waals surface area contributed by atoms with Crippen molar-refractivity contribution in [3.8, 4) is 5.88 Å². The molecule has 1 aromatic rings. The molecule has 0 unspecified atom stereocenters. The summed E-state index contributed by atoms with van der Waals surface area (Å²) in [5.74, 6) is -4.42. The molecule has 0 saturated carbocycles. The maximum absolute atomic E-state index is 12.4. The van der Waals surface area contributed by atoms with Gasteiger partial charge in [0.2, 0.25) is 5.88 Å². The van der Waals surface area contributed by atoms with Crippen molar-refractivity contribution in [1.82, 2.24) is 9.97 Å². The van der Waals surface area contributed by atoms with Crippen LogP contribution in [0.5, 0.6) is 5.88 Å². The first kappa shape index (κ1) is 12.2. The van der Waals surface area contributed by atoms with Crippen LogP contribution < -0.4 is 4.74 Å². The second-order valence-corrected chi connectivity index (χ2v) is 3.34. The topological polar surface area (TPSA) is 35.0 Å². The van der Waals surface area contributed by atoms with Gasteiger partial charge in [0.05, 0.1) is 12.4 Å². The third-order valence-corrected chi connectivity index (χ3v) is 1.74. The zero-order chi connectivity index (χ0) is 11.5. The smallest absolute Gasteiger partial charge is 0.340 e. The fraction of sp³-hybridized carbons (Fsp3) is 0.429. The first-order chi connectivity index (χ1) is 6.92. The second-order valence-electron chi connectivity index (χ2n) is 2.53. The van der Waals surface area contributed by atoms with Crippen molar-refractivity contribution in [3.05, 3.63) is 17.0 Å². The Balaban J connectivity index is 2.54. The molecule has 0 aliphatic rings. The van der Waals surface area contributed by atoms with Gasteiger partial charge in [-0.3, -0.25) is 0 Å². The normalized spacial score (nSPS) is 11.9. The van der Waals surface area contributed by atoms with Crippen LogP contribution in [0, 0.1) is 0 Å². The Bertz CT molecular complexity index is 319. The molecule has 0 atom stereocenters. The Hall–Kier alpha value is -0.920. The van der Waals surface area contributed by atoms with Gasteiger partial charge in [-0.05, 0) is 15.9 Å². The SMILES string of the molecule is FC(F)C(F)(F)COc1cnc(Br)cn1. The Kier molecular flexibility index (Phi) is 3.83. The van der Waals surface area contributed by atoms with Crippen LogP contribution in [0.2, 0.25) is 0 Å². The van der Waals surface area contributed by atoms with Crippen LogP contribution in [0.3, 0.4) is 0 Å². The summed E-state index contributed by atoms with van der Waals surface area (Å²) in [5.41, 5.74) is 0. The lowest BCUT2D eigenvalue weighted by Gasteiger charge is -2.14. The third-order valence-electron chi connectivity index (χ3n) is 1.33. The predicted octanol–water partition coefficient (Wildman–Crippen LogP) is 2.52. The van der Waals surface area contributed by atoms with E-state index in [9.17, 15) is 17.6 Å². The Morgan fingerprint density at radius 2 is 2.00 bits per heavy atom. The molecule has 1 heterocycles. The minimum absolute atomic E-state index is 0.237. The Morgan fingerprint density at radius 1 is 1.33 bits per heavy atom. The predicted molar refractivity (Wildman–Crippen MR) is 46.2 cm³/mol. The molecule has 0 spiro atoms. The number of rotatable bonds is 4. The molecule has 3 nitrogen and oxygen atoms in total. The van der Waals surface area contributed by atoms with E-state index in [-0.39, 0.29) is 5.88 Å². The van der Waals surface area contributed by atoms with E-state index in [1.54, 1.807) is 0 Å². The van der Waals surface area contributed by atoms with E-state index in [4.69, 9.17) is 0 Å². The van der Waals surface area contributed by atoms with Crippen molar-refractivity contribution >= 4 is 15.9 Å². The lowest BCUT2D eigenvalue weighted by molar-refractivity contribution is -0.148. The van der Waals surface area contributed by atoms with Crippen LogP contribution in [0.1, 0.15) is 0 Å². The van der Waals surface area contributed by atoms with Gasteiger partial charge in [0, 0.05) is 0 Å². The van der Waals surface area contributed by atoms with Gasteiger partial charge in [-0.1, -0.05) is 0 Å². The first-order valence-electron chi connectivity index (χ1n) is 3.68. The molecule has 0 amide bonds. The van der Waals surface area contributed by atoms with Crippen molar-refractivity contribution in [1.29, 1.82) is 0 Å². The molecular weight excluding hydrogens is 284 g/mol. The molecular formula is C7H5BrF4N2O. The van der Waals surface area contributed by atoms with Crippen molar-refractivity contribution in [2.45, 2.75) is 12.3 Å². The molecule has 0 radical (unpaired) electrons. The molecule has 1 aromatic heterocycles. The van der Waals surface area contributed by atoms with Gasteiger partial charge in [-0.2, -0.15) is 8.78 Å². The summed E-state index contributed by atoms with van der Waals surface area (Å²) in [5, 5.41) is 0. The second kappa shape index (κ2) is 4.73. The van der Waals surface area contributed by atoms with Gasteiger partial charge in [0.1, 0.15) is 4.60 Å². The van der Waals surface area contributed by atoms with E-state index >= 15 is 0 Å². The van der Waals surface area contributed by atoms with E-state index in [1.165, 1.54) is 6.20 Å². The number of halogens is 5. The van der Waals surface area contributed by atoms with E-state index in [2.05, 4.69) is 30.6 Å². The molecule has 84 valence electrons. The Morgan fingerprint density at radius 3 is 2.47 bits per heavy atom. The van der Waals surface area contributed by atoms with Gasteiger partial charge < -0.3 is 4.74 Å².